The van der Waals surface area contributed by atoms with Crippen LogP contribution in [-0.2, 0) is 9.53 Å². The molecule has 0 spiro atoms. The molecule has 0 amide bonds. The Kier molecular flexibility index (Phi) is 5.03. The number of hydrogen-bond donors (Lipinski definition) is 0. The Morgan fingerprint density at radius 1 is 1.28 bits per heavy atom. The van der Waals surface area contributed by atoms with E-state index in [4.69, 9.17) is 16.3 Å². The summed E-state index contributed by atoms with van der Waals surface area (Å²) < 4.78 is 10.3. The van der Waals surface area contributed by atoms with Gasteiger partial charge >= 0.3 is 5.97 Å². The highest BCUT2D eigenvalue weighted by Crippen LogP contribution is 2.32. The fourth-order valence-corrected chi connectivity index (χ4v) is 1.80. The van der Waals surface area contributed by atoms with Crippen molar-refractivity contribution in [3.8, 4) is 5.75 Å². The van der Waals surface area contributed by atoms with E-state index in [0.29, 0.717) is 10.8 Å². The van der Waals surface area contributed by atoms with Gasteiger partial charge in [-0.15, -0.1) is 0 Å². The molecule has 1 aromatic carbocycles. The molecule has 1 aromatic rings. The van der Waals surface area contributed by atoms with Crippen molar-refractivity contribution in [2.45, 2.75) is 39.7 Å². The molecule has 0 aliphatic rings. The van der Waals surface area contributed by atoms with Crippen LogP contribution in [0.1, 0.15) is 37.8 Å². The number of carbonyl (C=O) groups is 1. The van der Waals surface area contributed by atoms with Crippen LogP contribution in [0.2, 0.25) is 5.02 Å². The summed E-state index contributed by atoms with van der Waals surface area (Å²) in [6, 6.07) is 3.75. The second-order valence-electron chi connectivity index (χ2n) is 4.58. The smallest absolute Gasteiger partial charge is 0.346 e. The lowest BCUT2D eigenvalue weighted by Gasteiger charge is -2.18. The van der Waals surface area contributed by atoms with Gasteiger partial charge in [-0.25, -0.2) is 4.79 Å². The molecular formula is C14H19ClO3. The van der Waals surface area contributed by atoms with E-state index in [1.54, 1.807) is 6.92 Å². The summed E-state index contributed by atoms with van der Waals surface area (Å²) in [7, 11) is 1.35. The predicted molar refractivity (Wildman–Crippen MR) is 72.4 cm³/mol. The van der Waals surface area contributed by atoms with E-state index in [2.05, 4.69) is 18.6 Å². The Balaban J connectivity index is 3.07. The Morgan fingerprint density at radius 2 is 1.89 bits per heavy atom. The minimum atomic E-state index is -0.631. The van der Waals surface area contributed by atoms with Crippen molar-refractivity contribution in [3.63, 3.8) is 0 Å². The van der Waals surface area contributed by atoms with Crippen LogP contribution in [0.25, 0.3) is 0 Å². The van der Waals surface area contributed by atoms with Crippen molar-refractivity contribution in [1.29, 1.82) is 0 Å². The minimum Gasteiger partial charge on any atom is -0.479 e. The van der Waals surface area contributed by atoms with Crippen molar-refractivity contribution in [2.24, 2.45) is 0 Å². The molecule has 4 heteroatoms. The molecule has 0 saturated heterocycles. The lowest BCUT2D eigenvalue weighted by atomic mass is 10.0. The first kappa shape index (κ1) is 14.8. The molecule has 0 heterocycles. The fourth-order valence-electron chi connectivity index (χ4n) is 1.63. The first-order valence-electron chi connectivity index (χ1n) is 5.91. The number of benzene rings is 1. The highest BCUT2D eigenvalue weighted by Gasteiger charge is 2.18. The number of hydrogen-bond acceptors (Lipinski definition) is 3. The first-order chi connectivity index (χ1) is 8.36. The standard InChI is InChI=1S/C14H19ClO3/c1-8(2)11-7-12(15)9(3)6-13(11)18-10(4)14(16)17-5/h6-8,10H,1-5H3. The normalized spacial score (nSPS) is 12.4. The zero-order valence-corrected chi connectivity index (χ0v) is 12.2. The van der Waals surface area contributed by atoms with Gasteiger partial charge < -0.3 is 9.47 Å². The number of aryl methyl sites for hydroxylation is 1. The summed E-state index contributed by atoms with van der Waals surface area (Å²) in [5.74, 6) is 0.560. The van der Waals surface area contributed by atoms with Gasteiger partial charge in [-0.1, -0.05) is 25.4 Å². The molecule has 1 rings (SSSR count). The molecule has 1 atom stereocenters. The maximum absolute atomic E-state index is 11.4. The number of carbonyl (C=O) groups excluding carboxylic acids is 1. The third kappa shape index (κ3) is 3.39. The number of halogens is 1. The molecule has 1 unspecified atom stereocenters. The molecule has 0 saturated carbocycles. The van der Waals surface area contributed by atoms with E-state index in [0.717, 1.165) is 11.1 Å². The van der Waals surface area contributed by atoms with Gasteiger partial charge in [0, 0.05) is 5.02 Å². The summed E-state index contributed by atoms with van der Waals surface area (Å²) in [4.78, 5) is 11.4. The Bertz CT molecular complexity index is 441. The average molecular weight is 271 g/mol. The van der Waals surface area contributed by atoms with Crippen molar-refractivity contribution in [1.82, 2.24) is 0 Å². The van der Waals surface area contributed by atoms with E-state index in [-0.39, 0.29) is 5.92 Å². The maximum atomic E-state index is 11.4. The predicted octanol–water partition coefficient (Wildman–Crippen LogP) is 3.71. The number of rotatable bonds is 4. The number of methoxy groups -OCH3 is 1. The van der Waals surface area contributed by atoms with Crippen LogP contribution in [0.5, 0.6) is 5.75 Å². The van der Waals surface area contributed by atoms with Crippen LogP contribution in [0.4, 0.5) is 0 Å². The zero-order chi connectivity index (χ0) is 13.9. The van der Waals surface area contributed by atoms with E-state index >= 15 is 0 Å². The van der Waals surface area contributed by atoms with Crippen molar-refractivity contribution in [2.75, 3.05) is 7.11 Å². The Labute approximate surface area is 113 Å². The topological polar surface area (TPSA) is 35.5 Å². The van der Waals surface area contributed by atoms with Crippen molar-refractivity contribution < 1.29 is 14.3 Å². The molecule has 18 heavy (non-hydrogen) atoms. The summed E-state index contributed by atoms with van der Waals surface area (Å²) in [5, 5.41) is 0.705. The molecule has 0 aromatic heterocycles. The van der Waals surface area contributed by atoms with Gasteiger partial charge in [-0.05, 0) is 43.0 Å². The van der Waals surface area contributed by atoms with Crippen LogP contribution < -0.4 is 4.74 Å². The lowest BCUT2D eigenvalue weighted by molar-refractivity contribution is -0.147. The van der Waals surface area contributed by atoms with Gasteiger partial charge in [0.05, 0.1) is 7.11 Å². The largest absolute Gasteiger partial charge is 0.479 e. The summed E-state index contributed by atoms with van der Waals surface area (Å²) in [5.41, 5.74) is 1.91. The van der Waals surface area contributed by atoms with E-state index in [9.17, 15) is 4.79 Å². The maximum Gasteiger partial charge on any atom is 0.346 e. The van der Waals surface area contributed by atoms with Crippen molar-refractivity contribution >= 4 is 17.6 Å². The van der Waals surface area contributed by atoms with Crippen LogP contribution in [0.15, 0.2) is 12.1 Å². The van der Waals surface area contributed by atoms with Gasteiger partial charge in [0.2, 0.25) is 0 Å². The van der Waals surface area contributed by atoms with Gasteiger partial charge in [-0.2, -0.15) is 0 Å². The molecule has 0 N–H and O–H groups in total. The quantitative estimate of drug-likeness (QED) is 0.783. The Morgan fingerprint density at radius 3 is 2.39 bits per heavy atom. The van der Waals surface area contributed by atoms with Crippen LogP contribution in [0, 0.1) is 6.92 Å². The molecule has 3 nitrogen and oxygen atoms in total. The molecule has 0 fully saturated rings. The minimum absolute atomic E-state index is 0.267. The zero-order valence-electron chi connectivity index (χ0n) is 11.4. The van der Waals surface area contributed by atoms with Gasteiger partial charge in [0.25, 0.3) is 0 Å². The van der Waals surface area contributed by atoms with Crippen molar-refractivity contribution in [3.05, 3.63) is 28.3 Å². The molecule has 0 radical (unpaired) electrons. The van der Waals surface area contributed by atoms with E-state index in [1.807, 2.05) is 19.1 Å². The van der Waals surface area contributed by atoms with Gasteiger partial charge in [0.1, 0.15) is 5.75 Å². The van der Waals surface area contributed by atoms with Gasteiger partial charge in [0.15, 0.2) is 6.10 Å². The molecule has 0 aliphatic heterocycles. The number of ether oxygens (including phenoxy) is 2. The highest BCUT2D eigenvalue weighted by atomic mass is 35.5. The fraction of sp³-hybridized carbons (Fsp3) is 0.500. The molecular weight excluding hydrogens is 252 g/mol. The average Bonchev–Trinajstić information content (AvgIpc) is 2.31. The van der Waals surface area contributed by atoms with Crippen LogP contribution in [0.3, 0.4) is 0 Å². The third-order valence-corrected chi connectivity index (χ3v) is 3.16. The molecule has 0 aliphatic carbocycles. The lowest BCUT2D eigenvalue weighted by Crippen LogP contribution is -2.25. The molecule has 100 valence electrons. The second-order valence-corrected chi connectivity index (χ2v) is 4.98. The summed E-state index contributed by atoms with van der Waals surface area (Å²) in [6.07, 6.45) is -0.631. The second kappa shape index (κ2) is 6.10. The Hall–Kier alpha value is -1.22. The van der Waals surface area contributed by atoms with Crippen LogP contribution in [-0.4, -0.2) is 19.2 Å². The summed E-state index contributed by atoms with van der Waals surface area (Å²) >= 11 is 6.11. The van der Waals surface area contributed by atoms with Gasteiger partial charge in [-0.3, -0.25) is 0 Å². The van der Waals surface area contributed by atoms with E-state index in [1.165, 1.54) is 7.11 Å². The highest BCUT2D eigenvalue weighted by molar-refractivity contribution is 6.31. The molecule has 0 bridgehead atoms. The third-order valence-electron chi connectivity index (χ3n) is 2.75. The van der Waals surface area contributed by atoms with Crippen LogP contribution >= 0.6 is 11.6 Å². The first-order valence-corrected chi connectivity index (χ1v) is 6.29. The van der Waals surface area contributed by atoms with E-state index < -0.39 is 12.1 Å². The SMILES string of the molecule is COC(=O)C(C)Oc1cc(C)c(Cl)cc1C(C)C. The number of esters is 1. The monoisotopic (exact) mass is 270 g/mol. The summed E-state index contributed by atoms with van der Waals surface area (Å²) in [6.45, 7) is 7.68.